The maximum atomic E-state index is 13.0. The number of hydrogen-bond acceptors (Lipinski definition) is 4. The van der Waals surface area contributed by atoms with Crippen molar-refractivity contribution in [1.82, 2.24) is 14.8 Å². The van der Waals surface area contributed by atoms with E-state index in [4.69, 9.17) is 0 Å². The van der Waals surface area contributed by atoms with Gasteiger partial charge in [-0.2, -0.15) is 0 Å². The van der Waals surface area contributed by atoms with Crippen LogP contribution in [0.25, 0.3) is 11.4 Å². The molecule has 0 unspecified atom stereocenters. The first-order valence-electron chi connectivity index (χ1n) is 7.33. The van der Waals surface area contributed by atoms with Gasteiger partial charge in [0.15, 0.2) is 11.0 Å². The average Bonchev–Trinajstić information content (AvgIpc) is 3.17. The third-order valence-corrected chi connectivity index (χ3v) is 5.97. The quantitative estimate of drug-likeness (QED) is 0.652. The number of halogens is 1. The molecule has 0 aliphatic carbocycles. The standard InChI is InChI=1S/C17H14FN3S2/c18-13-6-8-15(9-7-13)22-10-14-11-23-17-20-19-16(21(14)17)12-4-2-1-3-5-12/h1-9,14H,10-11H2/t14-/m1/s1. The number of aromatic nitrogens is 3. The highest BCUT2D eigenvalue weighted by atomic mass is 32.2. The molecule has 0 amide bonds. The number of rotatable bonds is 4. The molecule has 116 valence electrons. The predicted molar refractivity (Wildman–Crippen MR) is 92.3 cm³/mol. The topological polar surface area (TPSA) is 30.7 Å². The first-order chi connectivity index (χ1) is 11.3. The number of hydrogen-bond donors (Lipinski definition) is 0. The molecular weight excluding hydrogens is 329 g/mol. The zero-order valence-corrected chi connectivity index (χ0v) is 13.9. The van der Waals surface area contributed by atoms with Gasteiger partial charge in [-0.15, -0.1) is 22.0 Å². The fourth-order valence-corrected chi connectivity index (χ4v) is 4.79. The molecule has 3 nitrogen and oxygen atoms in total. The van der Waals surface area contributed by atoms with Crippen molar-refractivity contribution in [3.05, 3.63) is 60.4 Å². The Bertz CT molecular complexity index is 802. The largest absolute Gasteiger partial charge is 0.297 e. The van der Waals surface area contributed by atoms with E-state index >= 15 is 0 Å². The van der Waals surface area contributed by atoms with Crippen LogP contribution in [0.3, 0.4) is 0 Å². The Morgan fingerprint density at radius 1 is 1.09 bits per heavy atom. The van der Waals surface area contributed by atoms with Gasteiger partial charge in [0.05, 0.1) is 6.04 Å². The van der Waals surface area contributed by atoms with E-state index < -0.39 is 0 Å². The molecule has 4 rings (SSSR count). The Labute approximate surface area is 142 Å². The summed E-state index contributed by atoms with van der Waals surface area (Å²) in [5.41, 5.74) is 1.09. The molecule has 1 aromatic heterocycles. The first kappa shape index (κ1) is 14.8. The van der Waals surface area contributed by atoms with Crippen LogP contribution in [0.2, 0.25) is 0 Å². The predicted octanol–water partition coefficient (Wildman–Crippen LogP) is 4.52. The van der Waals surface area contributed by atoms with Crippen LogP contribution in [0.5, 0.6) is 0 Å². The van der Waals surface area contributed by atoms with Crippen molar-refractivity contribution < 1.29 is 4.39 Å². The minimum atomic E-state index is -0.196. The van der Waals surface area contributed by atoms with Gasteiger partial charge in [-0.3, -0.25) is 4.57 Å². The summed E-state index contributed by atoms with van der Waals surface area (Å²) in [7, 11) is 0. The molecule has 0 N–H and O–H groups in total. The van der Waals surface area contributed by atoms with Gasteiger partial charge in [0.25, 0.3) is 0 Å². The fraction of sp³-hybridized carbons (Fsp3) is 0.176. The van der Waals surface area contributed by atoms with Gasteiger partial charge >= 0.3 is 0 Å². The van der Waals surface area contributed by atoms with Crippen LogP contribution in [0.15, 0.2) is 64.6 Å². The molecule has 1 atom stereocenters. The Morgan fingerprint density at radius 3 is 2.65 bits per heavy atom. The van der Waals surface area contributed by atoms with E-state index in [1.165, 1.54) is 12.1 Å². The van der Waals surface area contributed by atoms with Crippen LogP contribution in [0.4, 0.5) is 4.39 Å². The van der Waals surface area contributed by atoms with E-state index in [0.29, 0.717) is 6.04 Å². The first-order valence-corrected chi connectivity index (χ1v) is 9.30. The third kappa shape index (κ3) is 3.01. The normalized spacial score (nSPS) is 16.5. The fourth-order valence-electron chi connectivity index (χ4n) is 2.58. The smallest absolute Gasteiger partial charge is 0.191 e. The highest BCUT2D eigenvalue weighted by molar-refractivity contribution is 8.00. The Balaban J connectivity index is 1.55. The summed E-state index contributed by atoms with van der Waals surface area (Å²) in [6.07, 6.45) is 0. The molecule has 1 aliphatic heterocycles. The van der Waals surface area contributed by atoms with Gasteiger partial charge in [0.2, 0.25) is 0 Å². The Morgan fingerprint density at radius 2 is 1.87 bits per heavy atom. The van der Waals surface area contributed by atoms with Crippen LogP contribution in [-0.4, -0.2) is 26.3 Å². The number of fused-ring (bicyclic) bond motifs is 1. The molecule has 1 aliphatic rings. The van der Waals surface area contributed by atoms with Crippen LogP contribution in [0, 0.1) is 5.82 Å². The number of nitrogens with zero attached hydrogens (tertiary/aromatic N) is 3. The van der Waals surface area contributed by atoms with Crippen molar-refractivity contribution in [1.29, 1.82) is 0 Å². The summed E-state index contributed by atoms with van der Waals surface area (Å²) in [6.45, 7) is 0. The molecule has 3 aromatic rings. The van der Waals surface area contributed by atoms with E-state index in [0.717, 1.165) is 32.9 Å². The SMILES string of the molecule is Fc1ccc(SC[C@@H]2CSc3nnc(-c4ccccc4)n32)cc1. The maximum absolute atomic E-state index is 13.0. The Kier molecular flexibility index (Phi) is 4.10. The van der Waals surface area contributed by atoms with Crippen LogP contribution >= 0.6 is 23.5 Å². The molecule has 0 fully saturated rings. The zero-order valence-electron chi connectivity index (χ0n) is 12.2. The summed E-state index contributed by atoms with van der Waals surface area (Å²) in [4.78, 5) is 1.08. The molecule has 0 saturated carbocycles. The highest BCUT2D eigenvalue weighted by Gasteiger charge is 2.28. The van der Waals surface area contributed by atoms with Crippen molar-refractivity contribution in [2.75, 3.05) is 11.5 Å². The highest BCUT2D eigenvalue weighted by Crippen LogP contribution is 2.38. The zero-order chi connectivity index (χ0) is 15.6. The van der Waals surface area contributed by atoms with Gasteiger partial charge in [0.1, 0.15) is 5.82 Å². The van der Waals surface area contributed by atoms with E-state index in [1.807, 2.05) is 30.3 Å². The van der Waals surface area contributed by atoms with Crippen molar-refractivity contribution in [2.45, 2.75) is 16.1 Å². The van der Waals surface area contributed by atoms with Crippen molar-refractivity contribution in [3.8, 4) is 11.4 Å². The summed E-state index contributed by atoms with van der Waals surface area (Å²) in [5.74, 6) is 2.65. The van der Waals surface area contributed by atoms with E-state index in [1.54, 1.807) is 23.5 Å². The minimum Gasteiger partial charge on any atom is -0.297 e. The third-order valence-electron chi connectivity index (χ3n) is 3.72. The number of thioether (sulfide) groups is 2. The summed E-state index contributed by atoms with van der Waals surface area (Å²) in [6, 6.07) is 17.2. The second-order valence-corrected chi connectivity index (χ2v) is 7.35. The van der Waals surface area contributed by atoms with Gasteiger partial charge in [0, 0.05) is 22.0 Å². The van der Waals surface area contributed by atoms with Gasteiger partial charge < -0.3 is 0 Å². The van der Waals surface area contributed by atoms with Crippen molar-refractivity contribution in [2.24, 2.45) is 0 Å². The average molecular weight is 343 g/mol. The molecule has 0 bridgehead atoms. The molecule has 6 heteroatoms. The monoisotopic (exact) mass is 343 g/mol. The minimum absolute atomic E-state index is 0.196. The van der Waals surface area contributed by atoms with Crippen LogP contribution in [0.1, 0.15) is 6.04 Å². The molecule has 0 spiro atoms. The van der Waals surface area contributed by atoms with Gasteiger partial charge in [-0.1, -0.05) is 42.1 Å². The van der Waals surface area contributed by atoms with Crippen LogP contribution in [-0.2, 0) is 0 Å². The molecule has 2 aromatic carbocycles. The van der Waals surface area contributed by atoms with Gasteiger partial charge in [-0.05, 0) is 24.3 Å². The maximum Gasteiger partial charge on any atom is 0.191 e. The van der Waals surface area contributed by atoms with Crippen molar-refractivity contribution >= 4 is 23.5 Å². The Hall–Kier alpha value is -1.79. The van der Waals surface area contributed by atoms with Crippen molar-refractivity contribution in [3.63, 3.8) is 0 Å². The molecule has 2 heterocycles. The van der Waals surface area contributed by atoms with Crippen LogP contribution < -0.4 is 0 Å². The van der Waals surface area contributed by atoms with E-state index in [-0.39, 0.29) is 5.82 Å². The summed E-state index contributed by atoms with van der Waals surface area (Å²) in [5, 5.41) is 9.65. The molecule has 0 saturated heterocycles. The summed E-state index contributed by atoms with van der Waals surface area (Å²) >= 11 is 3.49. The second kappa shape index (κ2) is 6.37. The van der Waals surface area contributed by atoms with E-state index in [2.05, 4.69) is 26.9 Å². The molecule has 0 radical (unpaired) electrons. The second-order valence-electron chi connectivity index (χ2n) is 5.27. The lowest BCUT2D eigenvalue weighted by atomic mass is 10.2. The molecule has 23 heavy (non-hydrogen) atoms. The number of benzene rings is 2. The summed E-state index contributed by atoms with van der Waals surface area (Å²) < 4.78 is 15.2. The lowest BCUT2D eigenvalue weighted by molar-refractivity contribution is 0.597. The van der Waals surface area contributed by atoms with Gasteiger partial charge in [-0.25, -0.2) is 4.39 Å². The van der Waals surface area contributed by atoms with E-state index in [9.17, 15) is 4.39 Å². The molecular formula is C17H14FN3S2. The lowest BCUT2D eigenvalue weighted by Crippen LogP contribution is -2.11. The lowest BCUT2D eigenvalue weighted by Gasteiger charge is -2.14.